The van der Waals surface area contributed by atoms with E-state index in [4.69, 9.17) is 0 Å². The Hall–Kier alpha value is -5.14. The van der Waals surface area contributed by atoms with Gasteiger partial charge in [-0.1, -0.05) is 164 Å². The second kappa shape index (κ2) is 13.8. The largest absolute Gasteiger partial charge is 0.313 e. The van der Waals surface area contributed by atoms with Crippen LogP contribution < -0.4 is 4.90 Å². The maximum Gasteiger partial charge on any atom is 0.0497 e. The first-order valence-electron chi connectivity index (χ1n) is 17.7. The molecular weight excluding hydrogens is 591 g/mol. The standard InChI is InChI=1S/C25H21N.C16H18.C7H8/c1-18-12-14-22-23-17-20(19-8-4-2-5-9-19)13-15-24(23)26(25(22)16-18)21-10-6-3-7-11-21;1-11-8-9-15-13(10-11)12-6-4-5-7-14(12)16(15,2)3;1-7-5-3-2-4-6-7/h2-13,15-17,22H,14H2,1H3;4-10,13,15H,1-3H3;2-6H,1H3. The molecule has 4 aliphatic rings. The summed E-state index contributed by atoms with van der Waals surface area (Å²) in [5.41, 5.74) is 15.4. The zero-order valence-corrected chi connectivity index (χ0v) is 29.5. The Kier molecular flexibility index (Phi) is 9.11. The van der Waals surface area contributed by atoms with Gasteiger partial charge in [0.1, 0.15) is 0 Å². The van der Waals surface area contributed by atoms with Gasteiger partial charge in [0.15, 0.2) is 0 Å². The van der Waals surface area contributed by atoms with Crippen molar-refractivity contribution < 1.29 is 0 Å². The van der Waals surface area contributed by atoms with E-state index in [0.29, 0.717) is 17.8 Å². The molecule has 1 nitrogen and oxygen atoms in total. The molecule has 1 heterocycles. The van der Waals surface area contributed by atoms with Gasteiger partial charge >= 0.3 is 0 Å². The van der Waals surface area contributed by atoms with Crippen molar-refractivity contribution in [2.45, 2.75) is 58.3 Å². The Bertz CT molecular complexity index is 2040. The van der Waals surface area contributed by atoms with E-state index < -0.39 is 0 Å². The predicted molar refractivity (Wildman–Crippen MR) is 209 cm³/mol. The highest BCUT2D eigenvalue weighted by atomic mass is 15.2. The smallest absolute Gasteiger partial charge is 0.0497 e. The van der Waals surface area contributed by atoms with Crippen molar-refractivity contribution in [3.05, 3.63) is 203 Å². The van der Waals surface area contributed by atoms with Crippen LogP contribution in [0.15, 0.2) is 181 Å². The molecule has 3 atom stereocenters. The van der Waals surface area contributed by atoms with Crippen LogP contribution in [-0.4, -0.2) is 0 Å². The quantitative estimate of drug-likeness (QED) is 0.186. The highest BCUT2D eigenvalue weighted by Gasteiger charge is 2.44. The average Bonchev–Trinajstić information content (AvgIpc) is 3.57. The molecule has 1 heteroatoms. The van der Waals surface area contributed by atoms with Crippen molar-refractivity contribution in [2.24, 2.45) is 5.92 Å². The highest BCUT2D eigenvalue weighted by molar-refractivity contribution is 5.82. The number of aryl methyl sites for hydroxylation is 1. The molecular formula is C48H47N. The van der Waals surface area contributed by atoms with Gasteiger partial charge in [0.2, 0.25) is 0 Å². The summed E-state index contributed by atoms with van der Waals surface area (Å²) < 4.78 is 0. The van der Waals surface area contributed by atoms with Crippen LogP contribution in [0.3, 0.4) is 0 Å². The van der Waals surface area contributed by atoms with Crippen molar-refractivity contribution in [2.75, 3.05) is 4.90 Å². The summed E-state index contributed by atoms with van der Waals surface area (Å²) in [5.74, 6) is 1.67. The van der Waals surface area contributed by atoms with Crippen LogP contribution in [0.2, 0.25) is 0 Å². The maximum atomic E-state index is 2.44. The Morgan fingerprint density at radius 2 is 1.29 bits per heavy atom. The van der Waals surface area contributed by atoms with Crippen LogP contribution in [0, 0.1) is 12.8 Å². The van der Waals surface area contributed by atoms with Crippen molar-refractivity contribution in [3.63, 3.8) is 0 Å². The van der Waals surface area contributed by atoms with Gasteiger partial charge in [0.25, 0.3) is 0 Å². The molecule has 9 rings (SSSR count). The lowest BCUT2D eigenvalue weighted by molar-refractivity contribution is 0.393. The maximum absolute atomic E-state index is 2.44. The monoisotopic (exact) mass is 637 g/mol. The van der Waals surface area contributed by atoms with E-state index in [2.05, 4.69) is 185 Å². The summed E-state index contributed by atoms with van der Waals surface area (Å²) in [6.07, 6.45) is 12.9. The number of fused-ring (bicyclic) bond motifs is 6. The van der Waals surface area contributed by atoms with Gasteiger partial charge in [-0.3, -0.25) is 0 Å². The fraction of sp³-hybridized carbons (Fsp3) is 0.208. The van der Waals surface area contributed by atoms with Crippen molar-refractivity contribution in [1.82, 2.24) is 0 Å². The first-order valence-corrected chi connectivity index (χ1v) is 17.7. The molecule has 3 aliphatic carbocycles. The number of anilines is 2. The SMILES string of the molecule is CC1=CC2c3ccccc3C(C)(C)C2C=C1.CC1=CCC2C(=C1)N(c1ccccc1)c1ccc(-c3ccccc3)cc12.Cc1ccccc1. The second-order valence-electron chi connectivity index (χ2n) is 14.4. The minimum atomic E-state index is 0.273. The number of benzene rings is 5. The van der Waals surface area contributed by atoms with Crippen LogP contribution in [0.5, 0.6) is 0 Å². The minimum absolute atomic E-state index is 0.273. The summed E-state index contributed by atoms with van der Waals surface area (Å²) >= 11 is 0. The molecule has 0 saturated heterocycles. The van der Waals surface area contributed by atoms with Gasteiger partial charge in [-0.25, -0.2) is 0 Å². The molecule has 5 aromatic carbocycles. The molecule has 0 saturated carbocycles. The summed E-state index contributed by atoms with van der Waals surface area (Å²) in [5, 5.41) is 0. The molecule has 0 amide bonds. The molecule has 0 aromatic heterocycles. The average molecular weight is 638 g/mol. The Morgan fingerprint density at radius 1 is 0.633 bits per heavy atom. The molecule has 0 N–H and O–H groups in total. The topological polar surface area (TPSA) is 3.24 Å². The van der Waals surface area contributed by atoms with E-state index in [9.17, 15) is 0 Å². The van der Waals surface area contributed by atoms with Gasteiger partial charge in [-0.2, -0.15) is 0 Å². The van der Waals surface area contributed by atoms with E-state index >= 15 is 0 Å². The fourth-order valence-electron chi connectivity index (χ4n) is 8.05. The predicted octanol–water partition coefficient (Wildman–Crippen LogP) is 13.0. The first kappa shape index (κ1) is 32.4. The number of para-hydroxylation sites is 1. The lowest BCUT2D eigenvalue weighted by atomic mass is 9.74. The van der Waals surface area contributed by atoms with Crippen LogP contribution in [0.4, 0.5) is 11.4 Å². The van der Waals surface area contributed by atoms with Crippen LogP contribution in [0.25, 0.3) is 11.1 Å². The fourth-order valence-corrected chi connectivity index (χ4v) is 8.05. The first-order chi connectivity index (χ1) is 23.8. The molecule has 244 valence electrons. The van der Waals surface area contributed by atoms with E-state index in [0.717, 1.165) is 6.42 Å². The molecule has 5 aromatic rings. The zero-order valence-electron chi connectivity index (χ0n) is 29.5. The lowest BCUT2D eigenvalue weighted by Gasteiger charge is -2.30. The van der Waals surface area contributed by atoms with Gasteiger partial charge in [-0.05, 0) is 96.7 Å². The highest BCUT2D eigenvalue weighted by Crippen LogP contribution is 2.54. The summed E-state index contributed by atoms with van der Waals surface area (Å²) in [4.78, 5) is 2.44. The van der Waals surface area contributed by atoms with Gasteiger partial charge in [0.05, 0.1) is 0 Å². The van der Waals surface area contributed by atoms with E-state index in [1.807, 2.05) is 18.2 Å². The number of hydrogen-bond donors (Lipinski definition) is 0. The third kappa shape index (κ3) is 6.51. The number of hydrogen-bond acceptors (Lipinski definition) is 1. The third-order valence-electron chi connectivity index (χ3n) is 10.6. The van der Waals surface area contributed by atoms with E-state index in [-0.39, 0.29) is 5.41 Å². The molecule has 1 aliphatic heterocycles. The summed E-state index contributed by atoms with van der Waals surface area (Å²) in [6.45, 7) is 11.2. The van der Waals surface area contributed by atoms with Crippen molar-refractivity contribution >= 4 is 11.4 Å². The minimum Gasteiger partial charge on any atom is -0.313 e. The van der Waals surface area contributed by atoms with Gasteiger partial charge in [0, 0.05) is 28.9 Å². The number of nitrogens with zero attached hydrogens (tertiary/aromatic N) is 1. The zero-order chi connectivity index (χ0) is 34.0. The lowest BCUT2D eigenvalue weighted by Crippen LogP contribution is -2.24. The van der Waals surface area contributed by atoms with E-state index in [1.54, 1.807) is 0 Å². The van der Waals surface area contributed by atoms with Crippen LogP contribution in [-0.2, 0) is 5.41 Å². The summed E-state index contributed by atoms with van der Waals surface area (Å²) in [7, 11) is 0. The molecule has 0 spiro atoms. The van der Waals surface area contributed by atoms with Gasteiger partial charge < -0.3 is 4.90 Å². The molecule has 3 unspecified atom stereocenters. The second-order valence-corrected chi connectivity index (χ2v) is 14.4. The Labute approximate surface area is 293 Å². The Balaban J connectivity index is 0.000000139. The van der Waals surface area contributed by atoms with E-state index in [1.165, 1.54) is 61.6 Å². The Morgan fingerprint density at radius 3 is 1.98 bits per heavy atom. The molecule has 49 heavy (non-hydrogen) atoms. The van der Waals surface area contributed by atoms with Crippen LogP contribution in [0.1, 0.15) is 68.2 Å². The van der Waals surface area contributed by atoms with Crippen molar-refractivity contribution in [3.8, 4) is 11.1 Å². The van der Waals surface area contributed by atoms with Crippen molar-refractivity contribution in [1.29, 1.82) is 0 Å². The number of rotatable bonds is 2. The van der Waals surface area contributed by atoms with Crippen LogP contribution >= 0.6 is 0 Å². The molecule has 0 radical (unpaired) electrons. The van der Waals surface area contributed by atoms with Gasteiger partial charge in [-0.15, -0.1) is 0 Å². The molecule has 0 fully saturated rings. The summed E-state index contributed by atoms with van der Waals surface area (Å²) in [6, 6.07) is 47.5. The normalized spacial score (nSPS) is 20.5. The molecule has 0 bridgehead atoms. The third-order valence-corrected chi connectivity index (χ3v) is 10.6. The number of allylic oxidation sites excluding steroid dienone is 8.